The van der Waals surface area contributed by atoms with Gasteiger partial charge in [0.15, 0.2) is 6.61 Å². The summed E-state index contributed by atoms with van der Waals surface area (Å²) in [6, 6.07) is 12.2. The highest BCUT2D eigenvalue weighted by Gasteiger charge is 2.24. The molecule has 1 aromatic heterocycles. The Morgan fingerprint density at radius 1 is 1.00 bits per heavy atom. The molecule has 2 aliphatic heterocycles. The number of carbonyl (C=O) groups excluding carboxylic acids is 1. The molecule has 3 aromatic rings. The highest BCUT2D eigenvalue weighted by atomic mass is 32.2. The summed E-state index contributed by atoms with van der Waals surface area (Å²) in [5.74, 6) is 0.154. The molecule has 8 nitrogen and oxygen atoms in total. The van der Waals surface area contributed by atoms with E-state index in [2.05, 4.69) is 15.5 Å². The van der Waals surface area contributed by atoms with Crippen molar-refractivity contribution in [3.8, 4) is 5.75 Å². The molecule has 0 spiro atoms. The number of anilines is 2. The minimum absolute atomic E-state index is 0.0733. The monoisotopic (exact) mass is 412 g/mol. The maximum atomic E-state index is 13.3. The fourth-order valence-corrected chi connectivity index (χ4v) is 5.13. The lowest BCUT2D eigenvalue weighted by molar-refractivity contribution is -0.118. The van der Waals surface area contributed by atoms with Crippen LogP contribution in [0.5, 0.6) is 5.75 Å². The van der Waals surface area contributed by atoms with Crippen LogP contribution in [-0.2, 0) is 14.8 Å². The predicted octanol–water partition coefficient (Wildman–Crippen LogP) is 1.62. The number of nitrogens with zero attached hydrogens (tertiary/aromatic N) is 2. The third-order valence-corrected chi connectivity index (χ3v) is 6.95. The average molecular weight is 412 g/mol. The van der Waals surface area contributed by atoms with E-state index in [1.807, 2.05) is 18.2 Å². The molecule has 0 radical (unpaired) electrons. The van der Waals surface area contributed by atoms with Crippen molar-refractivity contribution < 1.29 is 17.9 Å². The lowest BCUT2D eigenvalue weighted by Gasteiger charge is -2.29. The number of fused-ring (bicyclic) bond motifs is 2. The van der Waals surface area contributed by atoms with Gasteiger partial charge in [0.1, 0.15) is 5.75 Å². The number of amides is 1. The van der Waals surface area contributed by atoms with Crippen LogP contribution in [-0.4, -0.2) is 51.1 Å². The van der Waals surface area contributed by atoms with E-state index in [-0.39, 0.29) is 17.4 Å². The molecule has 0 unspecified atom stereocenters. The van der Waals surface area contributed by atoms with Crippen LogP contribution in [0.25, 0.3) is 10.9 Å². The third kappa shape index (κ3) is 3.12. The molecule has 1 saturated heterocycles. The van der Waals surface area contributed by atoms with Gasteiger partial charge in [0.2, 0.25) is 0 Å². The first kappa shape index (κ1) is 18.0. The molecular weight excluding hydrogens is 392 g/mol. The van der Waals surface area contributed by atoms with E-state index < -0.39 is 10.0 Å². The lowest BCUT2D eigenvalue weighted by atomic mass is 10.2. The second kappa shape index (κ2) is 6.78. The zero-order valence-electron chi connectivity index (χ0n) is 15.6. The Balaban J connectivity index is 1.57. The van der Waals surface area contributed by atoms with E-state index in [4.69, 9.17) is 4.74 Å². The second-order valence-electron chi connectivity index (χ2n) is 7.09. The molecule has 0 aliphatic carbocycles. The summed E-state index contributed by atoms with van der Waals surface area (Å²) in [4.78, 5) is 13.9. The van der Waals surface area contributed by atoms with E-state index in [9.17, 15) is 13.2 Å². The number of hydrogen-bond acceptors (Lipinski definition) is 6. The van der Waals surface area contributed by atoms with Crippen molar-refractivity contribution >= 4 is 38.2 Å². The molecule has 0 bridgehead atoms. The molecule has 3 heterocycles. The largest absolute Gasteiger partial charge is 0.482 e. The SMILES string of the molecule is O=C1COc2ccc(S(=O)(=O)n3ccc4ccc(N5CCNCC5)cc43)cc2N1. The summed E-state index contributed by atoms with van der Waals surface area (Å²) in [6.45, 7) is 3.49. The minimum atomic E-state index is -3.84. The quantitative estimate of drug-likeness (QED) is 0.679. The van der Waals surface area contributed by atoms with Crippen molar-refractivity contribution in [3.05, 3.63) is 48.7 Å². The number of carbonyl (C=O) groups is 1. The number of aromatic nitrogens is 1. The highest BCUT2D eigenvalue weighted by molar-refractivity contribution is 7.90. The Morgan fingerprint density at radius 3 is 2.66 bits per heavy atom. The molecule has 1 fully saturated rings. The van der Waals surface area contributed by atoms with E-state index in [0.717, 1.165) is 37.3 Å². The van der Waals surface area contributed by atoms with Gasteiger partial charge in [-0.15, -0.1) is 0 Å². The van der Waals surface area contributed by atoms with Gasteiger partial charge in [-0.05, 0) is 36.4 Å². The molecule has 29 heavy (non-hydrogen) atoms. The molecule has 0 saturated carbocycles. The molecule has 2 N–H and O–H groups in total. The highest BCUT2D eigenvalue weighted by Crippen LogP contribution is 2.32. The van der Waals surface area contributed by atoms with Gasteiger partial charge in [-0.2, -0.15) is 0 Å². The fraction of sp³-hybridized carbons (Fsp3) is 0.250. The van der Waals surface area contributed by atoms with Crippen molar-refractivity contribution in [2.75, 3.05) is 43.0 Å². The number of nitrogens with one attached hydrogen (secondary N) is 2. The summed E-state index contributed by atoms with van der Waals surface area (Å²) in [6.07, 6.45) is 1.57. The number of rotatable bonds is 3. The summed E-state index contributed by atoms with van der Waals surface area (Å²) in [5.41, 5.74) is 1.99. The summed E-state index contributed by atoms with van der Waals surface area (Å²) < 4.78 is 33.3. The Labute approximate surface area is 168 Å². The van der Waals surface area contributed by atoms with Crippen molar-refractivity contribution in [1.29, 1.82) is 0 Å². The standard InChI is InChI=1S/C20H20N4O4S/c25-20-13-28-19-4-3-16(12-17(19)22-20)29(26,27)24-8-5-14-1-2-15(11-18(14)24)23-9-6-21-7-10-23/h1-5,8,11-12,21H,6-7,9-10,13H2,(H,22,25). The topological polar surface area (TPSA) is 92.7 Å². The van der Waals surface area contributed by atoms with Gasteiger partial charge in [0.25, 0.3) is 15.9 Å². The fourth-order valence-electron chi connectivity index (χ4n) is 3.76. The maximum absolute atomic E-state index is 13.3. The Kier molecular flexibility index (Phi) is 4.21. The molecule has 5 rings (SSSR count). The Morgan fingerprint density at radius 2 is 1.83 bits per heavy atom. The van der Waals surface area contributed by atoms with Crippen LogP contribution < -0.4 is 20.3 Å². The van der Waals surface area contributed by atoms with Crippen molar-refractivity contribution in [2.24, 2.45) is 0 Å². The molecule has 150 valence electrons. The van der Waals surface area contributed by atoms with Crippen LogP contribution in [0.2, 0.25) is 0 Å². The summed E-state index contributed by atoms with van der Waals surface area (Å²) in [5, 5.41) is 6.82. The van der Waals surface area contributed by atoms with Crippen molar-refractivity contribution in [2.45, 2.75) is 4.90 Å². The van der Waals surface area contributed by atoms with Gasteiger partial charge in [-0.1, -0.05) is 6.07 Å². The molecular formula is C20H20N4O4S. The van der Waals surface area contributed by atoms with Crippen LogP contribution in [0.1, 0.15) is 0 Å². The smallest absolute Gasteiger partial charge is 0.268 e. The van der Waals surface area contributed by atoms with Crippen molar-refractivity contribution in [3.63, 3.8) is 0 Å². The van der Waals surface area contributed by atoms with Crippen LogP contribution in [0.3, 0.4) is 0 Å². The van der Waals surface area contributed by atoms with Gasteiger partial charge in [-0.25, -0.2) is 12.4 Å². The summed E-state index contributed by atoms with van der Waals surface area (Å²) >= 11 is 0. The normalized spacial score (nSPS) is 17.0. The predicted molar refractivity (Wildman–Crippen MR) is 110 cm³/mol. The van der Waals surface area contributed by atoms with Gasteiger partial charge in [0, 0.05) is 43.4 Å². The zero-order chi connectivity index (χ0) is 20.0. The number of benzene rings is 2. The van der Waals surface area contributed by atoms with E-state index in [0.29, 0.717) is 17.0 Å². The third-order valence-electron chi connectivity index (χ3n) is 5.26. The first-order valence-electron chi connectivity index (χ1n) is 9.41. The first-order valence-corrected chi connectivity index (χ1v) is 10.9. The maximum Gasteiger partial charge on any atom is 0.268 e. The van der Waals surface area contributed by atoms with Gasteiger partial charge in [0.05, 0.1) is 16.1 Å². The number of ether oxygens (including phenoxy) is 1. The van der Waals surface area contributed by atoms with Crippen LogP contribution in [0.4, 0.5) is 11.4 Å². The van der Waals surface area contributed by atoms with Crippen LogP contribution >= 0.6 is 0 Å². The molecule has 0 atom stereocenters. The average Bonchev–Trinajstić information content (AvgIpc) is 3.18. The van der Waals surface area contributed by atoms with Gasteiger partial charge < -0.3 is 20.3 Å². The van der Waals surface area contributed by atoms with E-state index in [1.54, 1.807) is 18.3 Å². The first-order chi connectivity index (χ1) is 14.0. The van der Waals surface area contributed by atoms with Crippen LogP contribution in [0, 0.1) is 0 Å². The molecule has 2 aromatic carbocycles. The lowest BCUT2D eigenvalue weighted by Crippen LogP contribution is -2.43. The number of hydrogen-bond donors (Lipinski definition) is 2. The molecule has 1 amide bonds. The zero-order valence-corrected chi connectivity index (χ0v) is 16.4. The molecule has 2 aliphatic rings. The number of piperazine rings is 1. The van der Waals surface area contributed by atoms with Gasteiger partial charge >= 0.3 is 0 Å². The van der Waals surface area contributed by atoms with Gasteiger partial charge in [-0.3, -0.25) is 4.79 Å². The minimum Gasteiger partial charge on any atom is -0.482 e. The Hall–Kier alpha value is -3.04. The Bertz CT molecular complexity index is 1210. The van der Waals surface area contributed by atoms with Crippen molar-refractivity contribution in [1.82, 2.24) is 9.29 Å². The second-order valence-corrected chi connectivity index (χ2v) is 8.91. The molecule has 9 heteroatoms. The van der Waals surface area contributed by atoms with E-state index in [1.165, 1.54) is 16.1 Å². The summed E-state index contributed by atoms with van der Waals surface area (Å²) in [7, 11) is -3.84. The van der Waals surface area contributed by atoms with E-state index >= 15 is 0 Å². The van der Waals surface area contributed by atoms with Crippen LogP contribution in [0.15, 0.2) is 53.6 Å².